The quantitative estimate of drug-likeness (QED) is 0.431. The second kappa shape index (κ2) is 6.58. The van der Waals surface area contributed by atoms with E-state index in [1.165, 1.54) is 13.0 Å². The molecule has 6 N–H and O–H groups in total. The Morgan fingerprint density at radius 3 is 2.42 bits per heavy atom. The van der Waals surface area contributed by atoms with Crippen molar-refractivity contribution in [3.63, 3.8) is 0 Å². The maximum atomic E-state index is 13.5. The maximum absolute atomic E-state index is 13.5. The van der Waals surface area contributed by atoms with Crippen molar-refractivity contribution >= 4 is 28.9 Å². The first kappa shape index (κ1) is 20.9. The van der Waals surface area contributed by atoms with Gasteiger partial charge in [0.25, 0.3) is 5.91 Å². The third-order valence-electron chi connectivity index (χ3n) is 6.87. The molecule has 0 saturated heterocycles. The number of ketones is 2. The van der Waals surface area contributed by atoms with E-state index in [-0.39, 0.29) is 29.7 Å². The zero-order chi connectivity index (χ0) is 23.0. The zero-order valence-corrected chi connectivity index (χ0v) is 17.3. The first-order chi connectivity index (χ1) is 14.4. The fourth-order valence-corrected chi connectivity index (χ4v) is 5.34. The molecule has 1 aromatic carbocycles. The number of amides is 1. The maximum Gasteiger partial charge on any atom is 0.255 e. The van der Waals surface area contributed by atoms with Crippen LogP contribution in [0.1, 0.15) is 24.5 Å². The van der Waals surface area contributed by atoms with Crippen molar-refractivity contribution in [3.05, 3.63) is 40.2 Å². The van der Waals surface area contributed by atoms with E-state index in [1.807, 2.05) is 19.0 Å². The van der Waals surface area contributed by atoms with Gasteiger partial charge in [-0.1, -0.05) is 6.92 Å². The number of anilines is 1. The van der Waals surface area contributed by atoms with Gasteiger partial charge in [-0.15, -0.1) is 0 Å². The van der Waals surface area contributed by atoms with Crippen LogP contribution in [0.25, 0.3) is 5.76 Å². The van der Waals surface area contributed by atoms with Crippen molar-refractivity contribution in [3.8, 4) is 5.75 Å². The SMILES string of the molecule is CC1C(=O)C(C(N)=O)=C(O)C2(O)C(=O)C3=C(O)c4c(O)ccc(N(C)C)c4CC3CC12. The van der Waals surface area contributed by atoms with Crippen LogP contribution < -0.4 is 10.6 Å². The number of hydrogen-bond donors (Lipinski definition) is 5. The standard InChI is InChI=1S/C22H24N2O7/c1-8-11-7-9-6-10-12(24(2)3)4-5-13(25)15(10)18(27)14(9)19(28)22(11,31)20(29)16(17(8)26)21(23)30/h4-5,8-9,11,25,27,29,31H,6-7H2,1-3H3,(H2,23,30). The molecular weight excluding hydrogens is 404 g/mol. The molecule has 4 rings (SSSR count). The van der Waals surface area contributed by atoms with Crippen molar-refractivity contribution in [2.75, 3.05) is 19.0 Å². The number of aliphatic hydroxyl groups excluding tert-OH is 2. The van der Waals surface area contributed by atoms with Crippen molar-refractivity contribution in [1.82, 2.24) is 0 Å². The lowest BCUT2D eigenvalue weighted by molar-refractivity contribution is -0.152. The first-order valence-corrected chi connectivity index (χ1v) is 9.93. The van der Waals surface area contributed by atoms with Gasteiger partial charge in [0, 0.05) is 37.2 Å². The van der Waals surface area contributed by atoms with Crippen LogP contribution in [0, 0.1) is 17.8 Å². The third-order valence-corrected chi connectivity index (χ3v) is 6.87. The first-order valence-electron chi connectivity index (χ1n) is 9.93. The van der Waals surface area contributed by atoms with Gasteiger partial charge in [-0.05, 0) is 36.5 Å². The van der Waals surface area contributed by atoms with Gasteiger partial charge in [-0.2, -0.15) is 0 Å². The highest BCUT2D eigenvalue weighted by Gasteiger charge is 2.62. The summed E-state index contributed by atoms with van der Waals surface area (Å²) in [4.78, 5) is 39.7. The minimum Gasteiger partial charge on any atom is -0.508 e. The summed E-state index contributed by atoms with van der Waals surface area (Å²) < 4.78 is 0. The average Bonchev–Trinajstić information content (AvgIpc) is 2.68. The van der Waals surface area contributed by atoms with Crippen LogP contribution in [-0.4, -0.2) is 57.6 Å². The van der Waals surface area contributed by atoms with Gasteiger partial charge in [-0.25, -0.2) is 0 Å². The minimum atomic E-state index is -2.57. The molecule has 0 radical (unpaired) electrons. The molecule has 0 bridgehead atoms. The van der Waals surface area contributed by atoms with Crippen LogP contribution in [-0.2, 0) is 20.8 Å². The molecule has 0 spiro atoms. The molecular formula is C22H24N2O7. The van der Waals surface area contributed by atoms with E-state index in [2.05, 4.69) is 0 Å². The van der Waals surface area contributed by atoms with Crippen molar-refractivity contribution in [1.29, 1.82) is 0 Å². The molecule has 3 aliphatic rings. The normalized spacial score (nSPS) is 30.0. The van der Waals surface area contributed by atoms with E-state index < -0.39 is 57.9 Å². The van der Waals surface area contributed by atoms with Crippen LogP contribution in [0.15, 0.2) is 29.0 Å². The molecule has 0 heterocycles. The number of carbonyl (C=O) groups excluding carboxylic acids is 3. The van der Waals surface area contributed by atoms with Gasteiger partial charge < -0.3 is 31.1 Å². The van der Waals surface area contributed by atoms with Crippen molar-refractivity contribution < 1.29 is 34.8 Å². The smallest absolute Gasteiger partial charge is 0.255 e. The topological polar surface area (TPSA) is 161 Å². The van der Waals surface area contributed by atoms with E-state index in [4.69, 9.17) is 5.73 Å². The van der Waals surface area contributed by atoms with Gasteiger partial charge in [0.2, 0.25) is 5.78 Å². The van der Waals surface area contributed by atoms with Crippen molar-refractivity contribution in [2.24, 2.45) is 23.5 Å². The molecule has 3 aliphatic carbocycles. The average molecular weight is 428 g/mol. The predicted octanol–water partition coefficient (Wildman–Crippen LogP) is 0.736. The highest BCUT2D eigenvalue weighted by atomic mass is 16.3. The number of phenols is 1. The Bertz CT molecular complexity index is 1120. The van der Waals surface area contributed by atoms with Crippen LogP contribution in [0.5, 0.6) is 5.75 Å². The van der Waals surface area contributed by atoms with E-state index in [0.717, 1.165) is 5.69 Å². The third kappa shape index (κ3) is 2.56. The number of benzene rings is 1. The summed E-state index contributed by atoms with van der Waals surface area (Å²) >= 11 is 0. The molecule has 4 atom stereocenters. The Hall–Kier alpha value is -3.33. The van der Waals surface area contributed by atoms with E-state index in [0.29, 0.717) is 5.56 Å². The molecule has 0 aliphatic heterocycles. The lowest BCUT2D eigenvalue weighted by Gasteiger charge is -2.48. The highest BCUT2D eigenvalue weighted by molar-refractivity contribution is 6.23. The minimum absolute atomic E-state index is 0.0892. The van der Waals surface area contributed by atoms with E-state index in [9.17, 15) is 34.8 Å². The summed E-state index contributed by atoms with van der Waals surface area (Å²) in [5.74, 6) is -7.25. The number of primary amides is 1. The van der Waals surface area contributed by atoms with Crippen LogP contribution in [0.4, 0.5) is 5.69 Å². The lowest BCUT2D eigenvalue weighted by atomic mass is 9.56. The van der Waals surface area contributed by atoms with Gasteiger partial charge in [-0.3, -0.25) is 14.4 Å². The Kier molecular flexibility index (Phi) is 4.44. The number of fused-ring (bicyclic) bond motifs is 3. The number of hydrogen-bond acceptors (Lipinski definition) is 8. The molecule has 1 saturated carbocycles. The van der Waals surface area contributed by atoms with E-state index >= 15 is 0 Å². The van der Waals surface area contributed by atoms with Gasteiger partial charge in [0.05, 0.1) is 5.56 Å². The number of nitrogens with two attached hydrogens (primary N) is 1. The molecule has 9 heteroatoms. The molecule has 1 aromatic rings. The van der Waals surface area contributed by atoms with Crippen LogP contribution in [0.3, 0.4) is 0 Å². The fraction of sp³-hybridized carbons (Fsp3) is 0.409. The number of Topliss-reactive ketones (excluding diaryl/α,β-unsaturated/α-hetero) is 2. The number of phenolic OH excluding ortho intramolecular Hbond substituents is 1. The highest BCUT2D eigenvalue weighted by Crippen LogP contribution is 2.54. The van der Waals surface area contributed by atoms with E-state index in [1.54, 1.807) is 6.07 Å². The number of aromatic hydroxyl groups is 1. The molecule has 1 amide bonds. The fourth-order valence-electron chi connectivity index (χ4n) is 5.34. The molecule has 0 aromatic heterocycles. The summed E-state index contributed by atoms with van der Waals surface area (Å²) in [5, 5.41) is 43.4. The molecule has 164 valence electrons. The summed E-state index contributed by atoms with van der Waals surface area (Å²) in [6.07, 6.45) is 0.385. The second-order valence-corrected chi connectivity index (χ2v) is 8.69. The predicted molar refractivity (Wildman–Crippen MR) is 110 cm³/mol. The summed E-state index contributed by atoms with van der Waals surface area (Å²) in [7, 11) is 3.62. The van der Waals surface area contributed by atoms with Gasteiger partial charge >= 0.3 is 0 Å². The number of nitrogens with zero attached hydrogens (tertiary/aromatic N) is 1. The number of aliphatic hydroxyl groups is 3. The zero-order valence-electron chi connectivity index (χ0n) is 17.3. The van der Waals surface area contributed by atoms with Crippen LogP contribution in [0.2, 0.25) is 0 Å². The lowest BCUT2D eigenvalue weighted by Crippen LogP contribution is -2.61. The summed E-state index contributed by atoms with van der Waals surface area (Å²) in [6.45, 7) is 1.48. The Labute approximate surface area is 178 Å². The second-order valence-electron chi connectivity index (χ2n) is 8.69. The van der Waals surface area contributed by atoms with Gasteiger partial charge in [0.15, 0.2) is 11.4 Å². The summed E-state index contributed by atoms with van der Waals surface area (Å²) in [6, 6.07) is 3.11. The Balaban J connectivity index is 1.97. The monoisotopic (exact) mass is 428 g/mol. The van der Waals surface area contributed by atoms with Crippen molar-refractivity contribution in [2.45, 2.75) is 25.4 Å². The molecule has 4 unspecified atom stereocenters. The summed E-state index contributed by atoms with van der Waals surface area (Å²) in [5.41, 5.74) is 3.19. The van der Waals surface area contributed by atoms with Gasteiger partial charge in [0.1, 0.15) is 22.8 Å². The number of rotatable bonds is 2. The molecule has 1 fully saturated rings. The largest absolute Gasteiger partial charge is 0.508 e. The number of carbonyl (C=O) groups is 3. The molecule has 9 nitrogen and oxygen atoms in total. The van der Waals surface area contributed by atoms with Crippen LogP contribution >= 0.6 is 0 Å². The Morgan fingerprint density at radius 2 is 1.84 bits per heavy atom. The molecule has 31 heavy (non-hydrogen) atoms. The Morgan fingerprint density at radius 1 is 1.19 bits per heavy atom.